The van der Waals surface area contributed by atoms with E-state index in [1.807, 2.05) is 26.0 Å². The van der Waals surface area contributed by atoms with Crippen LogP contribution in [0.4, 0.5) is 0 Å². The van der Waals surface area contributed by atoms with Gasteiger partial charge in [-0.15, -0.1) is 0 Å². The molecule has 3 unspecified atom stereocenters. The number of carbonyl (C=O) groups excluding carboxylic acids is 1. The summed E-state index contributed by atoms with van der Waals surface area (Å²) in [6.07, 6.45) is 3.21. The predicted molar refractivity (Wildman–Crippen MR) is 102 cm³/mol. The molecule has 1 aromatic carbocycles. The summed E-state index contributed by atoms with van der Waals surface area (Å²) in [6, 6.07) is 7.84. The summed E-state index contributed by atoms with van der Waals surface area (Å²) in [5.74, 6) is 1.74. The van der Waals surface area contributed by atoms with Crippen molar-refractivity contribution in [1.82, 2.24) is 5.16 Å². The molecule has 1 aromatic heterocycles. The Hall–Kier alpha value is -2.10. The van der Waals surface area contributed by atoms with Crippen LogP contribution < -0.4 is 0 Å². The Labute approximate surface area is 155 Å². The van der Waals surface area contributed by atoms with Crippen molar-refractivity contribution in [1.29, 1.82) is 0 Å². The minimum atomic E-state index is -0.380. The summed E-state index contributed by atoms with van der Waals surface area (Å²) >= 11 is 0. The molecule has 0 saturated heterocycles. The van der Waals surface area contributed by atoms with Crippen LogP contribution in [0, 0.1) is 31.6 Å². The third-order valence-corrected chi connectivity index (χ3v) is 5.60. The summed E-state index contributed by atoms with van der Waals surface area (Å²) in [7, 11) is 0. The molecule has 0 N–H and O–H groups in total. The molecular weight excluding hydrogens is 326 g/mol. The van der Waals surface area contributed by atoms with Gasteiger partial charge in [0.2, 0.25) is 0 Å². The third-order valence-electron chi connectivity index (χ3n) is 5.60. The fourth-order valence-corrected chi connectivity index (χ4v) is 3.95. The molecule has 2 aromatic rings. The monoisotopic (exact) mass is 355 g/mol. The number of rotatable bonds is 4. The van der Waals surface area contributed by atoms with Gasteiger partial charge in [-0.05, 0) is 56.1 Å². The number of ether oxygens (including phenoxy) is 1. The zero-order chi connectivity index (χ0) is 18.8. The minimum Gasteiger partial charge on any atom is -0.457 e. The lowest BCUT2D eigenvalue weighted by Gasteiger charge is -2.36. The minimum absolute atomic E-state index is 0.0351. The molecule has 1 fully saturated rings. The Morgan fingerprint density at radius 3 is 2.73 bits per heavy atom. The number of esters is 1. The summed E-state index contributed by atoms with van der Waals surface area (Å²) < 4.78 is 11.3. The van der Waals surface area contributed by atoms with Gasteiger partial charge in [0, 0.05) is 11.6 Å². The molecule has 4 heteroatoms. The molecule has 1 aliphatic carbocycles. The summed E-state index contributed by atoms with van der Waals surface area (Å²) in [6.45, 7) is 10.7. The molecule has 0 radical (unpaired) electrons. The molecule has 3 atom stereocenters. The first kappa shape index (κ1) is 18.7. The Morgan fingerprint density at radius 1 is 1.23 bits per heavy atom. The van der Waals surface area contributed by atoms with Crippen LogP contribution in [0.15, 0.2) is 28.8 Å². The molecule has 4 nitrogen and oxygen atoms in total. The van der Waals surface area contributed by atoms with E-state index in [0.717, 1.165) is 29.5 Å². The van der Waals surface area contributed by atoms with E-state index in [2.05, 4.69) is 32.0 Å². The zero-order valence-corrected chi connectivity index (χ0v) is 16.4. The smallest absolute Gasteiger partial charge is 0.360 e. The Balaban J connectivity index is 1.76. The lowest BCUT2D eigenvalue weighted by atomic mass is 9.75. The number of hydrogen-bond acceptors (Lipinski definition) is 4. The van der Waals surface area contributed by atoms with Crippen molar-refractivity contribution in [3.63, 3.8) is 0 Å². The van der Waals surface area contributed by atoms with E-state index in [4.69, 9.17) is 9.26 Å². The van der Waals surface area contributed by atoms with Gasteiger partial charge in [0.15, 0.2) is 11.5 Å². The van der Waals surface area contributed by atoms with Crippen molar-refractivity contribution in [2.45, 2.75) is 60.0 Å². The molecule has 3 rings (SSSR count). The van der Waals surface area contributed by atoms with Crippen molar-refractivity contribution < 1.29 is 14.1 Å². The van der Waals surface area contributed by atoms with Crippen LogP contribution in [-0.4, -0.2) is 17.2 Å². The SMILES string of the molecule is Cc1ccc(C)c(-c2cc(C(=O)OC3CC(C)CCC3C(C)C)no2)c1. The van der Waals surface area contributed by atoms with Gasteiger partial charge in [-0.2, -0.15) is 0 Å². The highest BCUT2D eigenvalue weighted by atomic mass is 16.5. The molecule has 0 bridgehead atoms. The largest absolute Gasteiger partial charge is 0.457 e. The lowest BCUT2D eigenvalue weighted by molar-refractivity contribution is -0.0181. The molecule has 0 spiro atoms. The summed E-state index contributed by atoms with van der Waals surface area (Å²) in [5, 5.41) is 3.97. The van der Waals surface area contributed by atoms with Gasteiger partial charge in [-0.25, -0.2) is 4.79 Å². The molecule has 1 aliphatic rings. The number of hydrogen-bond donors (Lipinski definition) is 0. The van der Waals surface area contributed by atoms with Crippen LogP contribution in [0.3, 0.4) is 0 Å². The van der Waals surface area contributed by atoms with Crippen molar-refractivity contribution in [2.75, 3.05) is 0 Å². The van der Waals surface area contributed by atoms with Crippen LogP contribution in [0.25, 0.3) is 11.3 Å². The van der Waals surface area contributed by atoms with Crippen LogP contribution in [0.5, 0.6) is 0 Å². The molecule has 26 heavy (non-hydrogen) atoms. The van der Waals surface area contributed by atoms with Gasteiger partial charge in [-0.3, -0.25) is 0 Å². The number of benzene rings is 1. The maximum absolute atomic E-state index is 12.6. The second-order valence-corrected chi connectivity index (χ2v) is 8.16. The summed E-state index contributed by atoms with van der Waals surface area (Å²) in [5.41, 5.74) is 3.44. The van der Waals surface area contributed by atoms with Gasteiger partial charge < -0.3 is 9.26 Å². The third kappa shape index (κ3) is 4.00. The van der Waals surface area contributed by atoms with E-state index in [1.165, 1.54) is 6.42 Å². The molecule has 140 valence electrons. The van der Waals surface area contributed by atoms with Crippen molar-refractivity contribution in [3.8, 4) is 11.3 Å². The highest BCUT2D eigenvalue weighted by Gasteiger charge is 2.34. The van der Waals surface area contributed by atoms with Gasteiger partial charge in [0.05, 0.1) is 0 Å². The van der Waals surface area contributed by atoms with Crippen molar-refractivity contribution in [3.05, 3.63) is 41.1 Å². The second kappa shape index (κ2) is 7.65. The molecule has 1 heterocycles. The van der Waals surface area contributed by atoms with Crippen LogP contribution in [0.1, 0.15) is 61.6 Å². The maximum Gasteiger partial charge on any atom is 0.360 e. The fraction of sp³-hybridized carbons (Fsp3) is 0.545. The first-order chi connectivity index (χ1) is 12.3. The predicted octanol–water partition coefficient (Wildman–Crippen LogP) is 5.58. The Kier molecular flexibility index (Phi) is 5.49. The average molecular weight is 355 g/mol. The quantitative estimate of drug-likeness (QED) is 0.672. The van der Waals surface area contributed by atoms with Gasteiger partial charge in [0.25, 0.3) is 0 Å². The van der Waals surface area contributed by atoms with Crippen molar-refractivity contribution >= 4 is 5.97 Å². The highest BCUT2D eigenvalue weighted by molar-refractivity contribution is 5.88. The number of aromatic nitrogens is 1. The lowest BCUT2D eigenvalue weighted by Crippen LogP contribution is -2.35. The van der Waals surface area contributed by atoms with E-state index in [0.29, 0.717) is 23.5 Å². The highest BCUT2D eigenvalue weighted by Crippen LogP contribution is 2.36. The molecule has 1 saturated carbocycles. The topological polar surface area (TPSA) is 52.3 Å². The Bertz CT molecular complexity index is 777. The first-order valence-electron chi connectivity index (χ1n) is 9.60. The van der Waals surface area contributed by atoms with Gasteiger partial charge in [0.1, 0.15) is 6.10 Å². The molecular formula is C22H29NO3. The number of aryl methyl sites for hydroxylation is 2. The second-order valence-electron chi connectivity index (χ2n) is 8.16. The summed E-state index contributed by atoms with van der Waals surface area (Å²) in [4.78, 5) is 12.6. The van der Waals surface area contributed by atoms with Crippen molar-refractivity contribution in [2.24, 2.45) is 17.8 Å². The maximum atomic E-state index is 12.6. The van der Waals surface area contributed by atoms with E-state index >= 15 is 0 Å². The standard InChI is InChI=1S/C22H29NO3/c1-13(2)17-9-7-15(4)11-20(17)25-22(24)19-12-21(26-23-19)18-10-14(3)6-8-16(18)5/h6,8,10,12-13,15,17,20H,7,9,11H2,1-5H3. The van der Waals surface area contributed by atoms with E-state index in [-0.39, 0.29) is 17.8 Å². The first-order valence-corrected chi connectivity index (χ1v) is 9.60. The average Bonchev–Trinajstić information content (AvgIpc) is 3.07. The number of carbonyl (C=O) groups is 1. The van der Waals surface area contributed by atoms with Crippen LogP contribution >= 0.6 is 0 Å². The van der Waals surface area contributed by atoms with Crippen LogP contribution in [0.2, 0.25) is 0 Å². The van der Waals surface area contributed by atoms with E-state index in [1.54, 1.807) is 6.07 Å². The fourth-order valence-electron chi connectivity index (χ4n) is 3.95. The van der Waals surface area contributed by atoms with E-state index < -0.39 is 0 Å². The van der Waals surface area contributed by atoms with E-state index in [9.17, 15) is 4.79 Å². The normalized spacial score (nSPS) is 23.2. The molecule has 0 aliphatic heterocycles. The zero-order valence-electron chi connectivity index (χ0n) is 16.4. The molecule has 0 amide bonds. The van der Waals surface area contributed by atoms with Gasteiger partial charge in [-0.1, -0.05) is 50.0 Å². The van der Waals surface area contributed by atoms with Crippen LogP contribution in [-0.2, 0) is 4.74 Å². The Morgan fingerprint density at radius 2 is 2.00 bits per heavy atom. The van der Waals surface area contributed by atoms with Gasteiger partial charge >= 0.3 is 5.97 Å². The number of nitrogens with zero attached hydrogens (tertiary/aromatic N) is 1.